The highest BCUT2D eigenvalue weighted by Gasteiger charge is 2.33. The van der Waals surface area contributed by atoms with Crippen molar-refractivity contribution in [2.75, 3.05) is 37.3 Å². The van der Waals surface area contributed by atoms with Crippen LogP contribution in [0.3, 0.4) is 0 Å². The van der Waals surface area contributed by atoms with E-state index >= 15 is 0 Å². The molecule has 3 aromatic carbocycles. The van der Waals surface area contributed by atoms with Crippen LogP contribution in [0.15, 0.2) is 88.7 Å². The molecule has 10 heteroatoms. The maximum atomic E-state index is 13.9. The van der Waals surface area contributed by atoms with E-state index in [1.54, 1.807) is 48.5 Å². The summed E-state index contributed by atoms with van der Waals surface area (Å²) in [5, 5.41) is 2.64. The van der Waals surface area contributed by atoms with Gasteiger partial charge in [0.05, 0.1) is 17.2 Å². The molecule has 8 nitrogen and oxygen atoms in total. The Bertz CT molecular complexity index is 1350. The molecular weight excluding hydrogens is 546 g/mol. The second-order valence-corrected chi connectivity index (χ2v) is 11.7. The lowest BCUT2D eigenvalue weighted by Crippen LogP contribution is -2.52. The first kappa shape index (κ1) is 31.0. The van der Waals surface area contributed by atoms with Crippen LogP contribution in [0.4, 0.5) is 5.69 Å². The molecule has 0 saturated carbocycles. The van der Waals surface area contributed by atoms with Gasteiger partial charge in [0.15, 0.2) is 0 Å². The second kappa shape index (κ2) is 14.8. The normalized spacial score (nSPS) is 11.9. The minimum Gasteiger partial charge on any atom is -0.494 e. The molecule has 40 heavy (non-hydrogen) atoms. The summed E-state index contributed by atoms with van der Waals surface area (Å²) in [4.78, 5) is 29.2. The van der Waals surface area contributed by atoms with Gasteiger partial charge in [-0.1, -0.05) is 37.3 Å². The Hall–Kier alpha value is -3.50. The molecule has 214 valence electrons. The maximum absolute atomic E-state index is 13.9. The number of carbonyl (C=O) groups excluding carboxylic acids is 2. The Morgan fingerprint density at radius 3 is 2.15 bits per heavy atom. The van der Waals surface area contributed by atoms with E-state index in [2.05, 4.69) is 5.32 Å². The SMILES string of the molecule is CCOc1ccc(N(CC(=O)N(CCc2ccccc2)[C@@H](CC)C(=O)NC)S(=O)(=O)c2ccc(SC)cc2)cc1. The van der Waals surface area contributed by atoms with Crippen molar-refractivity contribution >= 4 is 39.3 Å². The number of anilines is 1. The number of thioether (sulfide) groups is 1. The monoisotopic (exact) mass is 583 g/mol. The lowest BCUT2D eigenvalue weighted by atomic mass is 10.1. The number of hydrogen-bond acceptors (Lipinski definition) is 6. The standard InChI is InChI=1S/C30H37N3O5S2/c1-5-28(30(35)31-3)32(21-20-23-10-8-7-9-11-23)29(34)22-33(24-12-14-25(15-13-24)38-6-2)40(36,37)27-18-16-26(39-4)17-19-27/h7-19,28H,5-6,20-22H2,1-4H3,(H,31,35)/t28-/m0/s1. The summed E-state index contributed by atoms with van der Waals surface area (Å²) < 4.78 is 34.5. The fourth-order valence-corrected chi connectivity index (χ4v) is 6.16. The van der Waals surface area contributed by atoms with Crippen molar-refractivity contribution in [1.82, 2.24) is 10.2 Å². The van der Waals surface area contributed by atoms with Crippen LogP contribution < -0.4 is 14.4 Å². The lowest BCUT2D eigenvalue weighted by Gasteiger charge is -2.33. The quantitative estimate of drug-likeness (QED) is 0.279. The van der Waals surface area contributed by atoms with Gasteiger partial charge in [0, 0.05) is 18.5 Å². The van der Waals surface area contributed by atoms with Crippen molar-refractivity contribution in [3.63, 3.8) is 0 Å². The lowest BCUT2D eigenvalue weighted by molar-refractivity contribution is -0.139. The maximum Gasteiger partial charge on any atom is 0.264 e. The van der Waals surface area contributed by atoms with Crippen LogP contribution >= 0.6 is 11.8 Å². The van der Waals surface area contributed by atoms with Gasteiger partial charge in [0.25, 0.3) is 10.0 Å². The summed E-state index contributed by atoms with van der Waals surface area (Å²) >= 11 is 1.51. The van der Waals surface area contributed by atoms with Gasteiger partial charge in [-0.15, -0.1) is 11.8 Å². The van der Waals surface area contributed by atoms with E-state index in [9.17, 15) is 18.0 Å². The average Bonchev–Trinajstić information content (AvgIpc) is 2.98. The molecule has 0 aliphatic carbocycles. The zero-order valence-corrected chi connectivity index (χ0v) is 25.0. The Labute approximate surface area is 241 Å². The van der Waals surface area contributed by atoms with Gasteiger partial charge in [-0.3, -0.25) is 13.9 Å². The van der Waals surface area contributed by atoms with E-state index in [0.29, 0.717) is 30.9 Å². The van der Waals surface area contributed by atoms with Crippen molar-refractivity contribution in [2.45, 2.75) is 42.5 Å². The van der Waals surface area contributed by atoms with E-state index in [0.717, 1.165) is 14.8 Å². The topological polar surface area (TPSA) is 96.0 Å². The third kappa shape index (κ3) is 7.79. The molecule has 0 radical (unpaired) electrons. The number of likely N-dealkylation sites (N-methyl/N-ethyl adjacent to an activating group) is 1. The van der Waals surface area contributed by atoms with Crippen molar-refractivity contribution in [3.05, 3.63) is 84.4 Å². The second-order valence-electron chi connectivity index (χ2n) is 8.98. The predicted octanol–water partition coefficient (Wildman–Crippen LogP) is 4.60. The van der Waals surface area contributed by atoms with Crippen molar-refractivity contribution < 1.29 is 22.7 Å². The summed E-state index contributed by atoms with van der Waals surface area (Å²) in [5.74, 6) is -0.175. The smallest absolute Gasteiger partial charge is 0.264 e. The fourth-order valence-electron chi connectivity index (χ4n) is 4.34. The van der Waals surface area contributed by atoms with Crippen LogP contribution in [0.2, 0.25) is 0 Å². The van der Waals surface area contributed by atoms with E-state index in [1.165, 1.54) is 23.7 Å². The van der Waals surface area contributed by atoms with Gasteiger partial charge in [-0.25, -0.2) is 8.42 Å². The van der Waals surface area contributed by atoms with Crippen molar-refractivity contribution in [3.8, 4) is 5.75 Å². The molecule has 0 unspecified atom stereocenters. The number of nitrogens with one attached hydrogen (secondary N) is 1. The number of hydrogen-bond donors (Lipinski definition) is 1. The zero-order chi connectivity index (χ0) is 29.1. The third-order valence-corrected chi connectivity index (χ3v) is 9.01. The first-order valence-electron chi connectivity index (χ1n) is 13.2. The fraction of sp³-hybridized carbons (Fsp3) is 0.333. The van der Waals surface area contributed by atoms with E-state index in [1.807, 2.05) is 50.4 Å². The third-order valence-electron chi connectivity index (χ3n) is 6.48. The molecule has 1 atom stereocenters. The number of sulfonamides is 1. The van der Waals surface area contributed by atoms with Crippen molar-refractivity contribution in [1.29, 1.82) is 0 Å². The van der Waals surface area contributed by atoms with Crippen LogP contribution in [-0.2, 0) is 26.0 Å². The first-order valence-corrected chi connectivity index (χ1v) is 15.9. The minimum absolute atomic E-state index is 0.0705. The number of ether oxygens (including phenoxy) is 1. The van der Waals surface area contributed by atoms with Gasteiger partial charge < -0.3 is 15.0 Å². The number of carbonyl (C=O) groups is 2. The average molecular weight is 584 g/mol. The van der Waals surface area contributed by atoms with Crippen LogP contribution in [0, 0.1) is 0 Å². The van der Waals surface area contributed by atoms with E-state index in [-0.39, 0.29) is 17.3 Å². The predicted molar refractivity (Wildman–Crippen MR) is 160 cm³/mol. The molecule has 0 aliphatic rings. The van der Waals surface area contributed by atoms with Gasteiger partial charge in [-0.2, -0.15) is 0 Å². The summed E-state index contributed by atoms with van der Waals surface area (Å²) in [6.07, 6.45) is 2.81. The summed E-state index contributed by atoms with van der Waals surface area (Å²) in [6.45, 7) is 3.95. The summed E-state index contributed by atoms with van der Waals surface area (Å²) in [7, 11) is -2.60. The largest absolute Gasteiger partial charge is 0.494 e. The van der Waals surface area contributed by atoms with Crippen LogP contribution in [0.1, 0.15) is 25.8 Å². The molecular formula is C30H37N3O5S2. The Morgan fingerprint density at radius 2 is 1.60 bits per heavy atom. The molecule has 0 heterocycles. The van der Waals surface area contributed by atoms with Gasteiger partial charge >= 0.3 is 0 Å². The molecule has 0 aromatic heterocycles. The minimum atomic E-state index is -4.12. The van der Waals surface area contributed by atoms with E-state index in [4.69, 9.17) is 4.74 Å². The van der Waals surface area contributed by atoms with Crippen LogP contribution in [-0.4, -0.2) is 64.2 Å². The van der Waals surface area contributed by atoms with Gasteiger partial charge in [-0.05, 0) is 80.1 Å². The number of benzene rings is 3. The molecule has 3 aromatic rings. The number of nitrogens with zero attached hydrogens (tertiary/aromatic N) is 2. The number of amides is 2. The highest BCUT2D eigenvalue weighted by Crippen LogP contribution is 2.28. The number of rotatable bonds is 14. The molecule has 1 N–H and O–H groups in total. The molecule has 2 amide bonds. The van der Waals surface area contributed by atoms with Crippen molar-refractivity contribution in [2.24, 2.45) is 0 Å². The van der Waals surface area contributed by atoms with Gasteiger partial charge in [0.2, 0.25) is 11.8 Å². The van der Waals surface area contributed by atoms with Gasteiger partial charge in [0.1, 0.15) is 18.3 Å². The molecule has 0 aliphatic heterocycles. The Kier molecular flexibility index (Phi) is 11.5. The highest BCUT2D eigenvalue weighted by atomic mass is 32.2. The van der Waals surface area contributed by atoms with Crippen LogP contribution in [0.5, 0.6) is 5.75 Å². The molecule has 0 fully saturated rings. The van der Waals surface area contributed by atoms with E-state index < -0.39 is 28.5 Å². The zero-order valence-electron chi connectivity index (χ0n) is 23.4. The Balaban J connectivity index is 2.01. The molecule has 0 saturated heterocycles. The Morgan fingerprint density at radius 1 is 0.950 bits per heavy atom. The van der Waals surface area contributed by atoms with Crippen LogP contribution in [0.25, 0.3) is 0 Å². The summed E-state index contributed by atoms with van der Waals surface area (Å²) in [6, 6.07) is 22.1. The highest BCUT2D eigenvalue weighted by molar-refractivity contribution is 7.98. The molecule has 3 rings (SSSR count). The first-order chi connectivity index (χ1) is 19.2. The molecule has 0 bridgehead atoms. The molecule has 0 spiro atoms. The summed E-state index contributed by atoms with van der Waals surface area (Å²) in [5.41, 5.74) is 1.33.